The Balaban J connectivity index is 1.49. The van der Waals surface area contributed by atoms with Crippen LogP contribution in [-0.2, 0) is 11.3 Å². The minimum atomic E-state index is -1.37. The first-order chi connectivity index (χ1) is 13.3. The van der Waals surface area contributed by atoms with Crippen molar-refractivity contribution in [1.29, 1.82) is 5.26 Å². The second-order valence-electron chi connectivity index (χ2n) is 9.64. The van der Waals surface area contributed by atoms with Gasteiger partial charge >= 0.3 is 6.09 Å². The number of amides is 1. The molecule has 148 valence electrons. The van der Waals surface area contributed by atoms with E-state index < -0.39 is 8.07 Å². The molecule has 0 N–H and O–H groups in total. The third-order valence-electron chi connectivity index (χ3n) is 5.82. The predicted molar refractivity (Wildman–Crippen MR) is 111 cm³/mol. The highest BCUT2D eigenvalue weighted by Crippen LogP contribution is 2.41. The molecule has 2 unspecified atom stereocenters. The number of hydrogen-bond acceptors (Lipinski definition) is 4. The van der Waals surface area contributed by atoms with Crippen molar-refractivity contribution in [3.05, 3.63) is 30.1 Å². The molecule has 1 spiro atoms. The Labute approximate surface area is 167 Å². The fourth-order valence-corrected chi connectivity index (χ4v) is 6.16. The summed E-state index contributed by atoms with van der Waals surface area (Å²) in [5.74, 6) is 0.441. The number of fused-ring (bicyclic) bond motifs is 1. The molecule has 6 nitrogen and oxygen atoms in total. The molecule has 0 bridgehead atoms. The van der Waals surface area contributed by atoms with Crippen molar-refractivity contribution in [2.75, 3.05) is 12.7 Å². The summed E-state index contributed by atoms with van der Waals surface area (Å²) in [5.41, 5.74) is 2.25. The molecule has 0 radical (unpaired) electrons. The van der Waals surface area contributed by atoms with Crippen LogP contribution >= 0.6 is 0 Å². The van der Waals surface area contributed by atoms with Crippen molar-refractivity contribution in [3.63, 3.8) is 0 Å². The normalized spacial score (nSPS) is 25.3. The Kier molecular flexibility index (Phi) is 4.70. The number of hydrogen-bond donors (Lipinski definition) is 0. The summed E-state index contributed by atoms with van der Waals surface area (Å²) in [6, 6.07) is 7.82. The number of carbonyl (C=O) groups excluding carboxylic acids is 1. The molecule has 1 saturated heterocycles. The second-order valence-corrected chi connectivity index (χ2v) is 15.1. The number of nitriles is 1. The van der Waals surface area contributed by atoms with E-state index in [1.54, 1.807) is 6.07 Å². The van der Waals surface area contributed by atoms with Crippen LogP contribution < -0.4 is 0 Å². The summed E-state index contributed by atoms with van der Waals surface area (Å²) in [7, 11) is -1.37. The summed E-state index contributed by atoms with van der Waals surface area (Å²) in [5, 5.41) is 9.19. The Hall–Kier alpha value is -2.33. The van der Waals surface area contributed by atoms with E-state index in [9.17, 15) is 10.1 Å². The second kappa shape index (κ2) is 6.93. The van der Waals surface area contributed by atoms with Crippen LogP contribution in [0.3, 0.4) is 0 Å². The van der Waals surface area contributed by atoms with Gasteiger partial charge in [0.2, 0.25) is 0 Å². The van der Waals surface area contributed by atoms with Gasteiger partial charge in [0.15, 0.2) is 0 Å². The van der Waals surface area contributed by atoms with Gasteiger partial charge in [-0.3, -0.25) is 0 Å². The Morgan fingerprint density at radius 1 is 1.39 bits per heavy atom. The minimum Gasteiger partial charge on any atom is -0.441 e. The summed E-state index contributed by atoms with van der Waals surface area (Å²) >= 11 is 0. The molecule has 2 heterocycles. The zero-order chi connectivity index (χ0) is 19.9. The van der Waals surface area contributed by atoms with Crippen LogP contribution in [0.1, 0.15) is 31.2 Å². The third-order valence-corrected chi connectivity index (χ3v) is 7.15. The van der Waals surface area contributed by atoms with Crippen LogP contribution in [0.2, 0.25) is 19.6 Å². The van der Waals surface area contributed by atoms with E-state index in [1.165, 1.54) is 0 Å². The molecule has 1 amide bonds. The number of imidazole rings is 1. The van der Waals surface area contributed by atoms with Gasteiger partial charge < -0.3 is 14.2 Å². The molecule has 7 heteroatoms. The quantitative estimate of drug-likeness (QED) is 0.727. The largest absolute Gasteiger partial charge is 0.441 e. The van der Waals surface area contributed by atoms with Crippen LogP contribution in [-0.4, -0.2) is 46.9 Å². The van der Waals surface area contributed by atoms with Gasteiger partial charge in [-0.2, -0.15) is 5.26 Å². The van der Waals surface area contributed by atoms with Crippen LogP contribution in [0.15, 0.2) is 24.5 Å². The number of aromatic nitrogens is 2. The van der Waals surface area contributed by atoms with Crippen LogP contribution in [0, 0.1) is 17.2 Å². The molecular formula is C21H28N4O2Si. The van der Waals surface area contributed by atoms with E-state index in [0.29, 0.717) is 11.5 Å². The summed E-state index contributed by atoms with van der Waals surface area (Å²) < 4.78 is 8.11. The number of ether oxygens (including phenoxy) is 1. The van der Waals surface area contributed by atoms with Crippen molar-refractivity contribution < 1.29 is 9.53 Å². The molecule has 28 heavy (non-hydrogen) atoms. The van der Waals surface area contributed by atoms with E-state index in [4.69, 9.17) is 4.74 Å². The van der Waals surface area contributed by atoms with E-state index in [0.717, 1.165) is 56.0 Å². The zero-order valence-corrected chi connectivity index (χ0v) is 17.9. The molecule has 1 aliphatic heterocycles. The van der Waals surface area contributed by atoms with E-state index in [-0.39, 0.29) is 11.7 Å². The molecule has 2 aliphatic rings. The first-order valence-corrected chi connectivity index (χ1v) is 13.8. The highest BCUT2D eigenvalue weighted by Gasteiger charge is 2.48. The van der Waals surface area contributed by atoms with Gasteiger partial charge in [0, 0.05) is 12.7 Å². The van der Waals surface area contributed by atoms with E-state index >= 15 is 0 Å². The van der Waals surface area contributed by atoms with Crippen LogP contribution in [0.25, 0.3) is 11.0 Å². The zero-order valence-electron chi connectivity index (χ0n) is 16.9. The lowest BCUT2D eigenvalue weighted by molar-refractivity contribution is 0.00419. The highest BCUT2D eigenvalue weighted by atomic mass is 28.3. The van der Waals surface area contributed by atoms with Crippen molar-refractivity contribution in [1.82, 2.24) is 14.5 Å². The molecule has 1 aromatic heterocycles. The minimum absolute atomic E-state index is 0.130. The average molecular weight is 397 g/mol. The number of nitrogens with zero attached hydrogens (tertiary/aromatic N) is 4. The first kappa shape index (κ1) is 19.0. The lowest BCUT2D eigenvalue weighted by atomic mass is 9.78. The van der Waals surface area contributed by atoms with Gasteiger partial charge in [-0.15, -0.1) is 0 Å². The molecular weight excluding hydrogens is 368 g/mol. The average Bonchev–Trinajstić information content (AvgIpc) is 3.14. The molecule has 1 saturated carbocycles. The number of carbonyl (C=O) groups is 1. The van der Waals surface area contributed by atoms with E-state index in [2.05, 4.69) is 35.3 Å². The number of benzene rings is 1. The van der Waals surface area contributed by atoms with Crippen molar-refractivity contribution in [2.45, 2.75) is 57.5 Å². The van der Waals surface area contributed by atoms with Crippen LogP contribution in [0.4, 0.5) is 4.79 Å². The molecule has 2 fully saturated rings. The Morgan fingerprint density at radius 3 is 2.96 bits per heavy atom. The molecule has 2 atom stereocenters. The lowest BCUT2D eigenvalue weighted by Crippen LogP contribution is -2.44. The third kappa shape index (κ3) is 3.79. The first-order valence-electron chi connectivity index (χ1n) is 10.1. The summed E-state index contributed by atoms with van der Waals surface area (Å²) in [6.07, 6.45) is 6.67. The standard InChI is InChI=1S/C21H28N4O2Si/c1-28(2,3)15-25-13-21(27-20(25)26)8-4-5-17(10-21)12-24-14-23-18-7-6-16(11-22)9-19(18)24/h6-7,9,14,17H,4-5,8,10,12-13,15H2,1-3H3. The summed E-state index contributed by atoms with van der Waals surface area (Å²) in [4.78, 5) is 18.9. The maximum absolute atomic E-state index is 12.5. The Bertz CT molecular complexity index is 942. The topological polar surface area (TPSA) is 71.2 Å². The van der Waals surface area contributed by atoms with Crippen molar-refractivity contribution in [3.8, 4) is 6.07 Å². The van der Waals surface area contributed by atoms with Gasteiger partial charge in [0.1, 0.15) is 5.60 Å². The van der Waals surface area contributed by atoms with Gasteiger partial charge in [0.25, 0.3) is 0 Å². The SMILES string of the molecule is C[Si](C)(C)CN1CC2(CCCC(Cn3cnc4ccc(C#N)cc43)C2)OC1=O. The maximum Gasteiger partial charge on any atom is 0.410 e. The van der Waals surface area contributed by atoms with Crippen molar-refractivity contribution >= 4 is 25.2 Å². The predicted octanol–water partition coefficient (Wildman–Crippen LogP) is 4.17. The highest BCUT2D eigenvalue weighted by molar-refractivity contribution is 6.76. The molecule has 2 aromatic rings. The van der Waals surface area contributed by atoms with E-state index in [1.807, 2.05) is 23.4 Å². The summed E-state index contributed by atoms with van der Waals surface area (Å²) in [6.45, 7) is 8.44. The fourth-order valence-electron chi connectivity index (χ4n) is 4.77. The fraction of sp³-hybridized carbons (Fsp3) is 0.571. The van der Waals surface area contributed by atoms with Gasteiger partial charge in [-0.1, -0.05) is 19.6 Å². The van der Waals surface area contributed by atoms with Gasteiger partial charge in [-0.25, -0.2) is 9.78 Å². The lowest BCUT2D eigenvalue weighted by Gasteiger charge is -2.36. The van der Waals surface area contributed by atoms with Gasteiger partial charge in [-0.05, 0) is 49.8 Å². The Morgan fingerprint density at radius 2 is 2.21 bits per heavy atom. The molecule has 1 aromatic carbocycles. The maximum atomic E-state index is 12.5. The molecule has 4 rings (SSSR count). The van der Waals surface area contributed by atoms with Crippen molar-refractivity contribution in [2.24, 2.45) is 5.92 Å². The van der Waals surface area contributed by atoms with Crippen LogP contribution in [0.5, 0.6) is 0 Å². The van der Waals surface area contributed by atoms with Gasteiger partial charge in [0.05, 0.1) is 43.6 Å². The monoisotopic (exact) mass is 396 g/mol. The molecule has 1 aliphatic carbocycles. The number of rotatable bonds is 4. The smallest absolute Gasteiger partial charge is 0.410 e.